The predicted molar refractivity (Wildman–Crippen MR) is 10.8 cm³/mol. The molecule has 5 heteroatoms. The van der Waals surface area contributed by atoms with Crippen molar-refractivity contribution in [2.75, 3.05) is 0 Å². The van der Waals surface area contributed by atoms with E-state index in [2.05, 4.69) is 0 Å². The summed E-state index contributed by atoms with van der Waals surface area (Å²) in [5.74, 6) is 0. The zero-order chi connectivity index (χ0) is 0. The van der Waals surface area contributed by atoms with Crippen molar-refractivity contribution in [2.24, 2.45) is 0 Å². The van der Waals surface area contributed by atoms with Gasteiger partial charge in [0.05, 0.1) is 0 Å². The van der Waals surface area contributed by atoms with Gasteiger partial charge in [0.1, 0.15) is 0 Å². The second kappa shape index (κ2) is 36.5. The summed E-state index contributed by atoms with van der Waals surface area (Å²) in [5, 5.41) is 0. The van der Waals surface area contributed by atoms with E-state index in [9.17, 15) is 0 Å². The van der Waals surface area contributed by atoms with E-state index in [0.29, 0.717) is 0 Å². The van der Waals surface area contributed by atoms with Crippen LogP contribution in [0.2, 0.25) is 0 Å². The second-order valence-corrected chi connectivity index (χ2v) is 0. The maximum Gasteiger partial charge on any atom is 0 e. The molecule has 0 aromatic rings. The quantitative estimate of drug-likeness (QED) is 0.425. The fraction of sp³-hybridized carbons (Fsp3) is 0. The Morgan fingerprint density at radius 2 is 0.800 bits per heavy atom. The zero-order valence-electron chi connectivity index (χ0n) is 1.51. The van der Waals surface area contributed by atoms with E-state index in [1.807, 2.05) is 0 Å². The van der Waals surface area contributed by atoms with Gasteiger partial charge >= 0.3 is 18.9 Å². The van der Waals surface area contributed by atoms with Gasteiger partial charge in [0.2, 0.25) is 0 Å². The average molecular weight is 198 g/mol. The SMILES string of the molecule is O.[LiH].[Mn].[Ni].[Ni]. The van der Waals surface area contributed by atoms with Crippen molar-refractivity contribution >= 4 is 18.9 Å². The molecular weight excluding hydrogens is 195 g/mol. The van der Waals surface area contributed by atoms with Crippen LogP contribution in [0.4, 0.5) is 0 Å². The molecule has 0 atom stereocenters. The minimum absolute atomic E-state index is 0. The van der Waals surface area contributed by atoms with Crippen LogP contribution >= 0.6 is 0 Å². The third kappa shape index (κ3) is 23.5. The molecule has 0 fully saturated rings. The molecule has 0 aliphatic carbocycles. The summed E-state index contributed by atoms with van der Waals surface area (Å²) in [6.07, 6.45) is 0. The van der Waals surface area contributed by atoms with Crippen molar-refractivity contribution in [1.82, 2.24) is 0 Å². The summed E-state index contributed by atoms with van der Waals surface area (Å²) in [7, 11) is 0. The third-order valence-corrected chi connectivity index (χ3v) is 0. The van der Waals surface area contributed by atoms with Crippen molar-refractivity contribution in [1.29, 1.82) is 0 Å². The van der Waals surface area contributed by atoms with Crippen molar-refractivity contribution in [3.8, 4) is 0 Å². The fourth-order valence-corrected chi connectivity index (χ4v) is 0. The number of hydrogen-bond acceptors (Lipinski definition) is 0. The monoisotopic (exact) mass is 197 g/mol. The maximum absolute atomic E-state index is 0. The van der Waals surface area contributed by atoms with Gasteiger partial charge in [0.15, 0.2) is 0 Å². The molecule has 0 aromatic heterocycles. The smallest absolute Gasteiger partial charge is 0 e. The van der Waals surface area contributed by atoms with Gasteiger partial charge in [-0.3, -0.25) is 0 Å². The Hall–Kier alpha value is 2.06. The van der Waals surface area contributed by atoms with Crippen LogP contribution in [0.15, 0.2) is 0 Å². The molecule has 0 saturated heterocycles. The first-order chi connectivity index (χ1) is 0. The van der Waals surface area contributed by atoms with Crippen LogP contribution in [0, 0.1) is 0 Å². The van der Waals surface area contributed by atoms with Crippen molar-refractivity contribution in [3.05, 3.63) is 0 Å². The summed E-state index contributed by atoms with van der Waals surface area (Å²) < 4.78 is 0. The second-order valence-electron chi connectivity index (χ2n) is 0. The summed E-state index contributed by atoms with van der Waals surface area (Å²) in [5.41, 5.74) is 0. The van der Waals surface area contributed by atoms with E-state index in [1.165, 1.54) is 0 Å². The van der Waals surface area contributed by atoms with E-state index in [0.717, 1.165) is 0 Å². The van der Waals surface area contributed by atoms with Gasteiger partial charge in [-0.25, -0.2) is 0 Å². The summed E-state index contributed by atoms with van der Waals surface area (Å²) in [6, 6.07) is 0. The minimum atomic E-state index is 0. The van der Waals surface area contributed by atoms with E-state index < -0.39 is 0 Å². The van der Waals surface area contributed by atoms with Crippen LogP contribution in [0.5, 0.6) is 0 Å². The molecule has 37 valence electrons. The molecule has 0 rings (SSSR count). The summed E-state index contributed by atoms with van der Waals surface area (Å²) in [4.78, 5) is 0. The first kappa shape index (κ1) is 61.0. The third-order valence-electron chi connectivity index (χ3n) is 0. The van der Waals surface area contributed by atoms with Crippen molar-refractivity contribution in [2.45, 2.75) is 0 Å². The Kier molecular flexibility index (Phi) is 445. The average Bonchev–Trinajstić information content (AvgIpc) is 0. The molecule has 0 aliphatic rings. The number of hydrogen-bond donors (Lipinski definition) is 0. The molecule has 0 heterocycles. The molecular formula is H3LiMnNi2O. The van der Waals surface area contributed by atoms with Crippen molar-refractivity contribution in [3.63, 3.8) is 0 Å². The molecule has 0 amide bonds. The largest absolute Gasteiger partial charge is 0 e. The summed E-state index contributed by atoms with van der Waals surface area (Å²) in [6.45, 7) is 0. The molecule has 0 saturated carbocycles. The number of rotatable bonds is 0. The van der Waals surface area contributed by atoms with Crippen LogP contribution in [-0.4, -0.2) is 24.3 Å². The van der Waals surface area contributed by atoms with E-state index in [-0.39, 0.29) is 74.4 Å². The molecule has 1 radical (unpaired) electrons. The van der Waals surface area contributed by atoms with Crippen LogP contribution in [0.25, 0.3) is 0 Å². The molecule has 5 heavy (non-hydrogen) atoms. The van der Waals surface area contributed by atoms with E-state index in [4.69, 9.17) is 0 Å². The molecule has 0 aromatic carbocycles. The molecule has 2 N–H and O–H groups in total. The van der Waals surface area contributed by atoms with Gasteiger partial charge in [-0.2, -0.15) is 0 Å². The van der Waals surface area contributed by atoms with Gasteiger partial charge in [0.25, 0.3) is 0 Å². The van der Waals surface area contributed by atoms with Gasteiger partial charge in [0, 0.05) is 50.1 Å². The van der Waals surface area contributed by atoms with Crippen LogP contribution < -0.4 is 0 Å². The van der Waals surface area contributed by atoms with Crippen LogP contribution in [0.1, 0.15) is 0 Å². The molecule has 0 bridgehead atoms. The Morgan fingerprint density at radius 3 is 0.800 bits per heavy atom. The first-order valence-electron chi connectivity index (χ1n) is 0. The molecule has 0 unspecified atom stereocenters. The zero-order valence-corrected chi connectivity index (χ0v) is 4.67. The topological polar surface area (TPSA) is 31.5 Å². The van der Waals surface area contributed by atoms with Gasteiger partial charge in [-0.1, -0.05) is 0 Å². The van der Waals surface area contributed by atoms with Crippen molar-refractivity contribution < 1.29 is 55.5 Å². The van der Waals surface area contributed by atoms with Crippen LogP contribution in [-0.2, 0) is 50.1 Å². The predicted octanol–water partition coefficient (Wildman–Crippen LogP) is -1.48. The van der Waals surface area contributed by atoms with Gasteiger partial charge in [-0.05, 0) is 0 Å². The molecule has 0 spiro atoms. The fourth-order valence-electron chi connectivity index (χ4n) is 0. The Labute approximate surface area is 73.8 Å². The van der Waals surface area contributed by atoms with Gasteiger partial charge in [-0.15, -0.1) is 0 Å². The summed E-state index contributed by atoms with van der Waals surface area (Å²) >= 11 is 0. The molecule has 1 nitrogen and oxygen atoms in total. The minimum Gasteiger partial charge on any atom is 0 e. The van der Waals surface area contributed by atoms with E-state index >= 15 is 0 Å². The van der Waals surface area contributed by atoms with Crippen LogP contribution in [0.3, 0.4) is 0 Å². The Morgan fingerprint density at radius 1 is 0.800 bits per heavy atom. The Bertz CT molecular complexity index is 9.61. The standard InChI is InChI=1S/Li.Mn.2Ni.H2O.H/h;;;;1H2;. The van der Waals surface area contributed by atoms with Gasteiger partial charge < -0.3 is 5.48 Å². The van der Waals surface area contributed by atoms with E-state index in [1.54, 1.807) is 0 Å². The Balaban J connectivity index is 0. The first-order valence-corrected chi connectivity index (χ1v) is 0. The normalized spacial score (nSPS) is 0. The maximum atomic E-state index is 0. The molecule has 0 aliphatic heterocycles.